The summed E-state index contributed by atoms with van der Waals surface area (Å²) in [4.78, 5) is 21.4. The summed E-state index contributed by atoms with van der Waals surface area (Å²) in [5.41, 5.74) is 3.91. The molecular formula is C25H21Cl2N3O3S. The van der Waals surface area contributed by atoms with Crippen LogP contribution in [0, 0.1) is 0 Å². The van der Waals surface area contributed by atoms with Crippen LogP contribution in [0.2, 0.25) is 10.0 Å². The average Bonchev–Trinajstić information content (AvgIpc) is 2.80. The van der Waals surface area contributed by atoms with Gasteiger partial charge in [-0.2, -0.15) is 0 Å². The lowest BCUT2D eigenvalue weighted by Crippen LogP contribution is -2.18. The number of hydrogen-bond donors (Lipinski definition) is 1. The minimum absolute atomic E-state index is 0.236. The highest BCUT2D eigenvalue weighted by atomic mass is 35.5. The van der Waals surface area contributed by atoms with E-state index >= 15 is 0 Å². The largest absolute Gasteiger partial charge is 0.319 e. The van der Waals surface area contributed by atoms with Crippen molar-refractivity contribution in [3.05, 3.63) is 88.3 Å². The molecule has 2 heterocycles. The van der Waals surface area contributed by atoms with E-state index in [0.717, 1.165) is 27.6 Å². The Bertz CT molecular complexity index is 1490. The third-order valence-electron chi connectivity index (χ3n) is 5.55. The highest BCUT2D eigenvalue weighted by molar-refractivity contribution is 7.91. The fraction of sp³-hybridized carbons (Fsp3) is 0.160. The second kappa shape index (κ2) is 9.70. The number of nitrogens with zero attached hydrogens (tertiary/aromatic N) is 2. The smallest absolute Gasteiger partial charge is 0.255 e. The van der Waals surface area contributed by atoms with Crippen molar-refractivity contribution in [2.75, 3.05) is 11.6 Å². The molecular weight excluding hydrogens is 493 g/mol. The summed E-state index contributed by atoms with van der Waals surface area (Å²) in [6, 6.07) is 14.8. The van der Waals surface area contributed by atoms with Gasteiger partial charge in [-0.25, -0.2) is 8.42 Å². The number of aromatic nitrogens is 2. The van der Waals surface area contributed by atoms with Crippen LogP contribution < -0.4 is 5.32 Å². The number of pyridine rings is 2. The summed E-state index contributed by atoms with van der Waals surface area (Å²) in [6.07, 6.45) is 6.12. The van der Waals surface area contributed by atoms with E-state index in [0.29, 0.717) is 12.0 Å². The fourth-order valence-corrected chi connectivity index (χ4v) is 4.57. The third-order valence-corrected chi connectivity index (χ3v) is 7.75. The van der Waals surface area contributed by atoms with Gasteiger partial charge in [0.05, 0.1) is 26.5 Å². The van der Waals surface area contributed by atoms with Crippen LogP contribution in [0.5, 0.6) is 0 Å². The lowest BCUT2D eigenvalue weighted by atomic mass is 9.96. The molecule has 4 rings (SSSR count). The molecule has 0 saturated heterocycles. The predicted molar refractivity (Wildman–Crippen MR) is 137 cm³/mol. The zero-order chi connectivity index (χ0) is 24.5. The van der Waals surface area contributed by atoms with Crippen LogP contribution in [0.25, 0.3) is 22.0 Å². The van der Waals surface area contributed by atoms with Crippen LogP contribution in [0.3, 0.4) is 0 Å². The van der Waals surface area contributed by atoms with Gasteiger partial charge in [-0.3, -0.25) is 14.8 Å². The Kier molecular flexibility index (Phi) is 6.89. The van der Waals surface area contributed by atoms with E-state index in [1.165, 1.54) is 18.6 Å². The number of anilines is 1. The summed E-state index contributed by atoms with van der Waals surface area (Å²) < 4.78 is 24.0. The molecule has 1 atom stereocenters. The Balaban J connectivity index is 1.75. The molecule has 6 nitrogen and oxygen atoms in total. The van der Waals surface area contributed by atoms with Gasteiger partial charge in [0, 0.05) is 41.4 Å². The van der Waals surface area contributed by atoms with Gasteiger partial charge in [0.15, 0.2) is 0 Å². The number of benzene rings is 2. The van der Waals surface area contributed by atoms with Crippen molar-refractivity contribution < 1.29 is 13.2 Å². The van der Waals surface area contributed by atoms with Crippen LogP contribution in [0.4, 0.5) is 5.69 Å². The first-order chi connectivity index (χ1) is 16.1. The average molecular weight is 514 g/mol. The number of fused-ring (bicyclic) bond motifs is 1. The minimum Gasteiger partial charge on any atom is -0.319 e. The van der Waals surface area contributed by atoms with Crippen molar-refractivity contribution in [2.24, 2.45) is 0 Å². The van der Waals surface area contributed by atoms with Crippen molar-refractivity contribution in [3.63, 3.8) is 0 Å². The van der Waals surface area contributed by atoms with Gasteiger partial charge in [-0.15, -0.1) is 0 Å². The Morgan fingerprint density at radius 1 is 1.06 bits per heavy atom. The molecule has 1 unspecified atom stereocenters. The van der Waals surface area contributed by atoms with E-state index in [1.54, 1.807) is 31.3 Å². The summed E-state index contributed by atoms with van der Waals surface area (Å²) in [5.74, 6) is -0.379. The van der Waals surface area contributed by atoms with Crippen LogP contribution in [-0.4, -0.2) is 35.8 Å². The lowest BCUT2D eigenvalue weighted by Gasteiger charge is -2.14. The molecule has 0 aliphatic carbocycles. The summed E-state index contributed by atoms with van der Waals surface area (Å²) in [5, 5.41) is 3.57. The van der Waals surface area contributed by atoms with Crippen LogP contribution >= 0.6 is 23.2 Å². The molecule has 34 heavy (non-hydrogen) atoms. The second-order valence-electron chi connectivity index (χ2n) is 8.08. The molecule has 1 amide bonds. The highest BCUT2D eigenvalue weighted by Crippen LogP contribution is 2.32. The van der Waals surface area contributed by atoms with Crippen molar-refractivity contribution in [1.29, 1.82) is 0 Å². The number of halogens is 2. The lowest BCUT2D eigenvalue weighted by molar-refractivity contribution is 0.102. The number of carbonyl (C=O) groups is 1. The molecule has 9 heteroatoms. The van der Waals surface area contributed by atoms with Gasteiger partial charge in [0.2, 0.25) is 0 Å². The number of hydrogen-bond acceptors (Lipinski definition) is 5. The molecule has 0 bridgehead atoms. The van der Waals surface area contributed by atoms with Crippen molar-refractivity contribution >= 4 is 55.5 Å². The molecule has 0 aliphatic heterocycles. The summed E-state index contributed by atoms with van der Waals surface area (Å²) in [6.45, 7) is 1.70. The molecule has 0 radical (unpaired) electrons. The predicted octanol–water partition coefficient (Wildman–Crippen LogP) is 5.83. The van der Waals surface area contributed by atoms with Crippen molar-refractivity contribution in [2.45, 2.75) is 18.6 Å². The zero-order valence-electron chi connectivity index (χ0n) is 18.4. The molecule has 0 fully saturated rings. The van der Waals surface area contributed by atoms with Gasteiger partial charge in [-0.1, -0.05) is 41.4 Å². The first kappa shape index (κ1) is 24.1. The van der Waals surface area contributed by atoms with Gasteiger partial charge >= 0.3 is 0 Å². The molecule has 4 aromatic rings. The number of rotatable bonds is 6. The minimum atomic E-state index is -3.18. The monoisotopic (exact) mass is 513 g/mol. The van der Waals surface area contributed by atoms with Gasteiger partial charge in [0.1, 0.15) is 9.84 Å². The maximum atomic E-state index is 13.0. The normalized spacial score (nSPS) is 12.5. The molecule has 0 aliphatic rings. The van der Waals surface area contributed by atoms with E-state index in [4.69, 9.17) is 23.2 Å². The number of nitrogens with one attached hydrogen (secondary N) is 1. The number of carbonyl (C=O) groups excluding carboxylic acids is 1. The van der Waals surface area contributed by atoms with E-state index in [2.05, 4.69) is 15.3 Å². The van der Waals surface area contributed by atoms with E-state index in [-0.39, 0.29) is 21.6 Å². The standard InChI is InChI=1S/C25H21Cl2N3O3S/c1-15(34(2,32)33)9-16-10-18-7-4-8-29-23(18)20(11-16)17-5-3-6-19(12-17)25(31)30-24-21(26)13-28-14-22(24)27/h3-8,10-15H,9H2,1-2H3,(H,28,30,31). The van der Waals surface area contributed by atoms with E-state index in [1.807, 2.05) is 30.3 Å². The third kappa shape index (κ3) is 5.22. The maximum absolute atomic E-state index is 13.0. The highest BCUT2D eigenvalue weighted by Gasteiger charge is 2.18. The van der Waals surface area contributed by atoms with Crippen LogP contribution in [0.1, 0.15) is 22.8 Å². The Hall–Kier alpha value is -3.00. The summed E-state index contributed by atoms with van der Waals surface area (Å²) >= 11 is 12.3. The Morgan fingerprint density at radius 3 is 2.50 bits per heavy atom. The fourth-order valence-electron chi connectivity index (χ4n) is 3.62. The van der Waals surface area contributed by atoms with E-state index in [9.17, 15) is 13.2 Å². The number of amides is 1. The maximum Gasteiger partial charge on any atom is 0.255 e. The second-order valence-corrected chi connectivity index (χ2v) is 11.4. The molecule has 174 valence electrons. The molecule has 2 aromatic carbocycles. The quantitative estimate of drug-likeness (QED) is 0.350. The first-order valence-electron chi connectivity index (χ1n) is 10.4. The summed E-state index contributed by atoms with van der Waals surface area (Å²) in [7, 11) is -3.18. The van der Waals surface area contributed by atoms with Gasteiger partial charge in [-0.05, 0) is 54.8 Å². The Morgan fingerprint density at radius 2 is 1.79 bits per heavy atom. The molecule has 0 saturated carbocycles. The zero-order valence-corrected chi connectivity index (χ0v) is 20.7. The first-order valence-corrected chi connectivity index (χ1v) is 13.1. The van der Waals surface area contributed by atoms with Crippen molar-refractivity contribution in [1.82, 2.24) is 9.97 Å². The topological polar surface area (TPSA) is 89.0 Å². The SMILES string of the molecule is CC(Cc1cc(-c2cccc(C(=O)Nc3c(Cl)cncc3Cl)c2)c2ncccc2c1)S(C)(=O)=O. The van der Waals surface area contributed by atoms with E-state index < -0.39 is 15.1 Å². The Labute approximate surface area is 207 Å². The molecule has 1 N–H and O–H groups in total. The number of sulfone groups is 1. The molecule has 0 spiro atoms. The van der Waals surface area contributed by atoms with Crippen molar-refractivity contribution in [3.8, 4) is 11.1 Å². The van der Waals surface area contributed by atoms with Gasteiger partial charge < -0.3 is 5.32 Å². The van der Waals surface area contributed by atoms with Crippen LogP contribution in [0.15, 0.2) is 67.1 Å². The van der Waals surface area contributed by atoms with Crippen LogP contribution in [-0.2, 0) is 16.3 Å². The van der Waals surface area contributed by atoms with Gasteiger partial charge in [0.25, 0.3) is 5.91 Å². The molecule has 2 aromatic heterocycles.